The molecule has 0 radical (unpaired) electrons. The topological polar surface area (TPSA) is 47.4 Å². The van der Waals surface area contributed by atoms with Crippen molar-refractivity contribution in [1.82, 2.24) is 14.7 Å². The lowest BCUT2D eigenvalue weighted by atomic mass is 10.1. The first-order valence-electron chi connectivity index (χ1n) is 5.95. The third-order valence-corrected chi connectivity index (χ3v) is 3.47. The molecular weight excluding hydrogens is 262 g/mol. The van der Waals surface area contributed by atoms with Crippen LogP contribution < -0.4 is 4.74 Å². The molecule has 0 aromatic carbocycles. The van der Waals surface area contributed by atoms with Crippen molar-refractivity contribution < 1.29 is 9.53 Å². The molecule has 0 saturated heterocycles. The van der Waals surface area contributed by atoms with E-state index in [1.54, 1.807) is 18.0 Å². The van der Waals surface area contributed by atoms with Crippen molar-refractivity contribution in [1.29, 1.82) is 0 Å². The molecule has 0 atom stereocenters. The highest BCUT2D eigenvalue weighted by Crippen LogP contribution is 2.22. The molecule has 102 valence electrons. The predicted octanol–water partition coefficient (Wildman–Crippen LogP) is 1.75. The minimum absolute atomic E-state index is 0.0469. The summed E-state index contributed by atoms with van der Waals surface area (Å²) in [5, 5.41) is 7.96. The van der Waals surface area contributed by atoms with Crippen molar-refractivity contribution >= 4 is 17.1 Å². The van der Waals surface area contributed by atoms with E-state index in [9.17, 15) is 4.79 Å². The molecule has 0 aliphatic rings. The van der Waals surface area contributed by atoms with Crippen LogP contribution in [-0.4, -0.2) is 48.2 Å². The van der Waals surface area contributed by atoms with Gasteiger partial charge in [-0.05, 0) is 25.5 Å². The molecule has 2 aromatic heterocycles. The van der Waals surface area contributed by atoms with E-state index in [-0.39, 0.29) is 5.78 Å². The Kier molecular flexibility index (Phi) is 4.34. The molecule has 0 unspecified atom stereocenters. The van der Waals surface area contributed by atoms with Crippen LogP contribution in [0.15, 0.2) is 23.0 Å². The van der Waals surface area contributed by atoms with Gasteiger partial charge in [-0.3, -0.25) is 9.48 Å². The first kappa shape index (κ1) is 13.8. The second kappa shape index (κ2) is 5.99. The molecule has 19 heavy (non-hydrogen) atoms. The number of carbonyl (C=O) groups excluding carboxylic acids is 1. The predicted molar refractivity (Wildman–Crippen MR) is 75.1 cm³/mol. The summed E-state index contributed by atoms with van der Waals surface area (Å²) < 4.78 is 6.94. The smallest absolute Gasteiger partial charge is 0.215 e. The van der Waals surface area contributed by atoms with Gasteiger partial charge in [-0.1, -0.05) is 0 Å². The Morgan fingerprint density at radius 3 is 2.89 bits per heavy atom. The third-order valence-electron chi connectivity index (χ3n) is 2.78. The van der Waals surface area contributed by atoms with E-state index >= 15 is 0 Å². The van der Waals surface area contributed by atoms with Crippen LogP contribution in [0.4, 0.5) is 0 Å². The number of thiophene rings is 1. The molecule has 0 aliphatic heterocycles. The van der Waals surface area contributed by atoms with E-state index in [0.717, 1.165) is 6.54 Å². The highest BCUT2D eigenvalue weighted by Gasteiger charge is 2.21. The number of ketones is 1. The summed E-state index contributed by atoms with van der Waals surface area (Å²) in [4.78, 5) is 14.5. The maximum atomic E-state index is 12.5. The number of likely N-dealkylation sites (N-methyl/N-ethyl adjacent to an activating group) is 1. The van der Waals surface area contributed by atoms with Crippen molar-refractivity contribution in [3.05, 3.63) is 34.3 Å². The van der Waals surface area contributed by atoms with Crippen molar-refractivity contribution in [2.24, 2.45) is 0 Å². The third kappa shape index (κ3) is 3.02. The largest absolute Gasteiger partial charge is 0.493 e. The molecule has 2 heterocycles. The molecule has 0 N–H and O–H groups in total. The van der Waals surface area contributed by atoms with Gasteiger partial charge in [0.15, 0.2) is 11.4 Å². The molecule has 0 bridgehead atoms. The van der Waals surface area contributed by atoms with Crippen LogP contribution in [0.1, 0.15) is 16.1 Å². The zero-order valence-electron chi connectivity index (χ0n) is 11.3. The van der Waals surface area contributed by atoms with E-state index in [0.29, 0.717) is 23.6 Å². The number of nitrogens with zero attached hydrogens (tertiary/aromatic N) is 3. The monoisotopic (exact) mass is 279 g/mol. The highest BCUT2D eigenvalue weighted by atomic mass is 32.1. The van der Waals surface area contributed by atoms with E-state index in [1.165, 1.54) is 11.3 Å². The number of rotatable bonds is 6. The minimum Gasteiger partial charge on any atom is -0.493 e. The Balaban J connectivity index is 2.31. The van der Waals surface area contributed by atoms with Crippen LogP contribution in [0.5, 0.6) is 5.75 Å². The molecule has 0 fully saturated rings. The molecule has 0 aliphatic carbocycles. The summed E-state index contributed by atoms with van der Waals surface area (Å²) >= 11 is 1.50. The fourth-order valence-electron chi connectivity index (χ4n) is 1.74. The van der Waals surface area contributed by atoms with E-state index in [4.69, 9.17) is 4.74 Å². The van der Waals surface area contributed by atoms with Gasteiger partial charge in [0, 0.05) is 17.5 Å². The average Bonchev–Trinajstić information content (AvgIpc) is 3.04. The summed E-state index contributed by atoms with van der Waals surface area (Å²) in [6, 6.07) is 1.82. The zero-order chi connectivity index (χ0) is 13.8. The molecule has 6 heteroatoms. The molecule has 2 rings (SSSR count). The van der Waals surface area contributed by atoms with Crippen LogP contribution >= 0.6 is 11.3 Å². The lowest BCUT2D eigenvalue weighted by Crippen LogP contribution is -2.21. The fraction of sp³-hybridized carbons (Fsp3) is 0.385. The van der Waals surface area contributed by atoms with Crippen molar-refractivity contribution in [2.45, 2.75) is 6.54 Å². The SMILES string of the molecule is COc1cnn(CCN(C)C)c1C(=O)c1ccsc1. The Hall–Kier alpha value is -1.66. The highest BCUT2D eigenvalue weighted by molar-refractivity contribution is 7.08. The summed E-state index contributed by atoms with van der Waals surface area (Å²) in [6.07, 6.45) is 1.59. The van der Waals surface area contributed by atoms with Crippen molar-refractivity contribution in [3.63, 3.8) is 0 Å². The Morgan fingerprint density at radius 1 is 1.53 bits per heavy atom. The van der Waals surface area contributed by atoms with Gasteiger partial charge < -0.3 is 9.64 Å². The van der Waals surface area contributed by atoms with Gasteiger partial charge in [0.05, 0.1) is 19.9 Å². The number of carbonyl (C=O) groups is 1. The first-order chi connectivity index (χ1) is 9.13. The Labute approximate surface area is 116 Å². The second-order valence-corrected chi connectivity index (χ2v) is 5.21. The number of hydrogen-bond donors (Lipinski definition) is 0. The average molecular weight is 279 g/mol. The summed E-state index contributed by atoms with van der Waals surface area (Å²) in [5.74, 6) is 0.476. The molecular formula is C13H17N3O2S. The van der Waals surface area contributed by atoms with Crippen LogP contribution in [0.2, 0.25) is 0 Å². The summed E-state index contributed by atoms with van der Waals surface area (Å²) in [7, 11) is 5.53. The first-order valence-corrected chi connectivity index (χ1v) is 6.89. The van der Waals surface area contributed by atoms with Gasteiger partial charge in [-0.2, -0.15) is 16.4 Å². The van der Waals surface area contributed by atoms with Crippen LogP contribution in [-0.2, 0) is 6.54 Å². The van der Waals surface area contributed by atoms with Crippen LogP contribution in [0.3, 0.4) is 0 Å². The van der Waals surface area contributed by atoms with Gasteiger partial charge in [0.25, 0.3) is 0 Å². The van der Waals surface area contributed by atoms with Gasteiger partial charge in [-0.15, -0.1) is 0 Å². The summed E-state index contributed by atoms with van der Waals surface area (Å²) in [6.45, 7) is 1.47. The zero-order valence-corrected chi connectivity index (χ0v) is 12.1. The van der Waals surface area contributed by atoms with Crippen LogP contribution in [0, 0.1) is 0 Å². The fourth-order valence-corrected chi connectivity index (χ4v) is 2.38. The molecule has 5 nitrogen and oxygen atoms in total. The van der Waals surface area contributed by atoms with Crippen molar-refractivity contribution in [2.75, 3.05) is 27.7 Å². The van der Waals surface area contributed by atoms with Gasteiger partial charge in [0.2, 0.25) is 5.78 Å². The van der Waals surface area contributed by atoms with Crippen molar-refractivity contribution in [3.8, 4) is 5.75 Å². The van der Waals surface area contributed by atoms with Gasteiger partial charge >= 0.3 is 0 Å². The van der Waals surface area contributed by atoms with Crippen LogP contribution in [0.25, 0.3) is 0 Å². The standard InChI is InChI=1S/C13H17N3O2S/c1-15(2)5-6-16-12(11(18-3)8-14-16)13(17)10-4-7-19-9-10/h4,7-9H,5-6H2,1-3H3. The number of hydrogen-bond acceptors (Lipinski definition) is 5. The maximum absolute atomic E-state index is 12.5. The Morgan fingerprint density at radius 2 is 2.32 bits per heavy atom. The molecule has 0 amide bonds. The maximum Gasteiger partial charge on any atom is 0.215 e. The van der Waals surface area contributed by atoms with E-state index in [1.807, 2.05) is 35.8 Å². The quantitative estimate of drug-likeness (QED) is 0.756. The molecule has 0 spiro atoms. The number of ether oxygens (including phenoxy) is 1. The molecule has 2 aromatic rings. The number of methoxy groups -OCH3 is 1. The van der Waals surface area contributed by atoms with Gasteiger partial charge in [0.1, 0.15) is 0 Å². The lowest BCUT2D eigenvalue weighted by Gasteiger charge is -2.11. The summed E-state index contributed by atoms with van der Waals surface area (Å²) in [5.41, 5.74) is 1.19. The van der Waals surface area contributed by atoms with E-state index in [2.05, 4.69) is 5.10 Å². The Bertz CT molecular complexity index is 546. The lowest BCUT2D eigenvalue weighted by molar-refractivity contribution is 0.102. The number of aromatic nitrogens is 2. The minimum atomic E-state index is -0.0469. The second-order valence-electron chi connectivity index (χ2n) is 4.43. The normalized spacial score (nSPS) is 10.9. The van der Waals surface area contributed by atoms with E-state index < -0.39 is 0 Å². The van der Waals surface area contributed by atoms with Gasteiger partial charge in [-0.25, -0.2) is 0 Å². The molecule has 0 saturated carbocycles.